The molecule has 100 valence electrons. The van der Waals surface area contributed by atoms with E-state index in [4.69, 9.17) is 0 Å². The Hall–Kier alpha value is -1.68. The maximum Gasteiger partial charge on any atom is 0.106 e. The molecule has 0 aliphatic rings. The van der Waals surface area contributed by atoms with Crippen molar-refractivity contribution >= 4 is 0 Å². The molecule has 0 unspecified atom stereocenters. The van der Waals surface area contributed by atoms with Gasteiger partial charge in [0.15, 0.2) is 0 Å². The molecule has 0 saturated heterocycles. The second-order valence-corrected chi connectivity index (χ2v) is 4.54. The van der Waals surface area contributed by atoms with Crippen LogP contribution in [-0.2, 0) is 6.54 Å². The fraction of sp³-hybridized carbons (Fsp3) is 0.250. The molecule has 2 rings (SSSR count). The Labute approximate surface area is 113 Å². The zero-order valence-electron chi connectivity index (χ0n) is 10.7. The molecule has 2 aromatic carbocycles. The van der Waals surface area contributed by atoms with Crippen molar-refractivity contribution in [3.63, 3.8) is 0 Å². The summed E-state index contributed by atoms with van der Waals surface area (Å²) in [6.07, 6.45) is -1.67. The summed E-state index contributed by atoms with van der Waals surface area (Å²) in [6, 6.07) is 19.2. The summed E-state index contributed by atoms with van der Waals surface area (Å²) in [5, 5.41) is 23.1. The molecule has 0 aromatic heterocycles. The first-order chi connectivity index (χ1) is 9.27. The van der Waals surface area contributed by atoms with Crippen LogP contribution in [0.25, 0.3) is 0 Å². The van der Waals surface area contributed by atoms with E-state index in [2.05, 4.69) is 5.32 Å². The van der Waals surface area contributed by atoms with Crippen LogP contribution in [0, 0.1) is 0 Å². The van der Waals surface area contributed by atoms with Gasteiger partial charge in [0.05, 0.1) is 6.10 Å². The topological polar surface area (TPSA) is 52.5 Å². The number of aliphatic hydroxyl groups excluding tert-OH is 2. The second-order valence-electron chi connectivity index (χ2n) is 4.54. The summed E-state index contributed by atoms with van der Waals surface area (Å²) >= 11 is 0. The first-order valence-corrected chi connectivity index (χ1v) is 6.43. The SMILES string of the molecule is O[C@H](c1ccccc1)[C@@H](O)CNCc1ccccc1. The van der Waals surface area contributed by atoms with Crippen LogP contribution >= 0.6 is 0 Å². The minimum Gasteiger partial charge on any atom is -0.389 e. The van der Waals surface area contributed by atoms with Gasteiger partial charge < -0.3 is 15.5 Å². The van der Waals surface area contributed by atoms with Crippen LogP contribution in [0.2, 0.25) is 0 Å². The quantitative estimate of drug-likeness (QED) is 0.740. The molecule has 0 saturated carbocycles. The van der Waals surface area contributed by atoms with Gasteiger partial charge in [-0.25, -0.2) is 0 Å². The largest absolute Gasteiger partial charge is 0.389 e. The lowest BCUT2D eigenvalue weighted by molar-refractivity contribution is 0.0189. The summed E-state index contributed by atoms with van der Waals surface area (Å²) in [5.41, 5.74) is 1.89. The second kappa shape index (κ2) is 7.04. The molecule has 0 heterocycles. The van der Waals surface area contributed by atoms with Gasteiger partial charge in [0.1, 0.15) is 6.10 Å². The molecule has 0 bridgehead atoms. The molecule has 0 fully saturated rings. The highest BCUT2D eigenvalue weighted by atomic mass is 16.3. The highest BCUT2D eigenvalue weighted by molar-refractivity contribution is 5.18. The monoisotopic (exact) mass is 257 g/mol. The summed E-state index contributed by atoms with van der Waals surface area (Å²) < 4.78 is 0. The van der Waals surface area contributed by atoms with Gasteiger partial charge in [-0.1, -0.05) is 60.7 Å². The number of hydrogen-bond donors (Lipinski definition) is 3. The van der Waals surface area contributed by atoms with Gasteiger partial charge >= 0.3 is 0 Å². The van der Waals surface area contributed by atoms with Crippen molar-refractivity contribution in [3.05, 3.63) is 71.8 Å². The molecule has 2 aromatic rings. The number of benzene rings is 2. The van der Waals surface area contributed by atoms with Gasteiger partial charge in [-0.15, -0.1) is 0 Å². The van der Waals surface area contributed by atoms with Crippen LogP contribution in [0.15, 0.2) is 60.7 Å². The maximum atomic E-state index is 10.00. The van der Waals surface area contributed by atoms with Crippen LogP contribution in [-0.4, -0.2) is 22.9 Å². The third-order valence-corrected chi connectivity index (χ3v) is 3.03. The molecular weight excluding hydrogens is 238 g/mol. The Morgan fingerprint density at radius 2 is 1.42 bits per heavy atom. The third-order valence-electron chi connectivity index (χ3n) is 3.03. The molecule has 0 amide bonds. The summed E-state index contributed by atoms with van der Waals surface area (Å²) in [4.78, 5) is 0. The minimum absolute atomic E-state index is 0.352. The fourth-order valence-electron chi connectivity index (χ4n) is 1.94. The van der Waals surface area contributed by atoms with E-state index >= 15 is 0 Å². The van der Waals surface area contributed by atoms with Crippen LogP contribution < -0.4 is 5.32 Å². The van der Waals surface area contributed by atoms with Crippen molar-refractivity contribution in [2.24, 2.45) is 0 Å². The molecule has 0 aliphatic carbocycles. The smallest absolute Gasteiger partial charge is 0.106 e. The Bertz CT molecular complexity index is 473. The van der Waals surface area contributed by atoms with Crippen molar-refractivity contribution in [1.29, 1.82) is 0 Å². The maximum absolute atomic E-state index is 10.00. The Balaban J connectivity index is 1.80. The lowest BCUT2D eigenvalue weighted by atomic mass is 10.0. The van der Waals surface area contributed by atoms with Crippen LogP contribution in [0.4, 0.5) is 0 Å². The van der Waals surface area contributed by atoms with Crippen molar-refractivity contribution in [2.45, 2.75) is 18.8 Å². The highest BCUT2D eigenvalue weighted by Gasteiger charge is 2.17. The predicted molar refractivity (Wildman–Crippen MR) is 75.6 cm³/mol. The molecule has 19 heavy (non-hydrogen) atoms. The summed E-state index contributed by atoms with van der Waals surface area (Å²) in [5.74, 6) is 0. The number of aliphatic hydroxyl groups is 2. The van der Waals surface area contributed by atoms with Gasteiger partial charge in [0.2, 0.25) is 0 Å². The van der Waals surface area contributed by atoms with Crippen LogP contribution in [0.1, 0.15) is 17.2 Å². The zero-order valence-corrected chi connectivity index (χ0v) is 10.7. The first-order valence-electron chi connectivity index (χ1n) is 6.43. The Morgan fingerprint density at radius 3 is 2.05 bits per heavy atom. The lowest BCUT2D eigenvalue weighted by Crippen LogP contribution is -2.31. The Kier molecular flexibility index (Phi) is 5.10. The van der Waals surface area contributed by atoms with E-state index in [-0.39, 0.29) is 0 Å². The van der Waals surface area contributed by atoms with Crippen LogP contribution in [0.3, 0.4) is 0 Å². The number of rotatable bonds is 6. The van der Waals surface area contributed by atoms with Gasteiger partial charge in [-0.2, -0.15) is 0 Å². The lowest BCUT2D eigenvalue weighted by Gasteiger charge is -2.18. The standard InChI is InChI=1S/C16H19NO2/c18-15(16(19)14-9-5-2-6-10-14)12-17-11-13-7-3-1-4-8-13/h1-10,15-19H,11-12H2/t15-,16+/m0/s1. The predicted octanol–water partition coefficient (Wildman–Crippen LogP) is 1.87. The molecule has 0 spiro atoms. The van der Waals surface area contributed by atoms with Gasteiger partial charge in [0.25, 0.3) is 0 Å². The van der Waals surface area contributed by atoms with Gasteiger partial charge in [-0.3, -0.25) is 0 Å². The molecule has 0 radical (unpaired) electrons. The van der Waals surface area contributed by atoms with E-state index in [1.54, 1.807) is 0 Å². The highest BCUT2D eigenvalue weighted by Crippen LogP contribution is 2.15. The average molecular weight is 257 g/mol. The molecule has 2 atom stereocenters. The van der Waals surface area contributed by atoms with Gasteiger partial charge in [0, 0.05) is 13.1 Å². The summed E-state index contributed by atoms with van der Waals surface area (Å²) in [7, 11) is 0. The Morgan fingerprint density at radius 1 is 0.842 bits per heavy atom. The number of hydrogen-bond acceptors (Lipinski definition) is 3. The number of nitrogens with one attached hydrogen (secondary N) is 1. The molecular formula is C16H19NO2. The average Bonchev–Trinajstić information content (AvgIpc) is 2.48. The van der Waals surface area contributed by atoms with E-state index < -0.39 is 12.2 Å². The van der Waals surface area contributed by atoms with Gasteiger partial charge in [-0.05, 0) is 11.1 Å². The van der Waals surface area contributed by atoms with E-state index in [1.807, 2.05) is 60.7 Å². The van der Waals surface area contributed by atoms with Crippen molar-refractivity contribution in [3.8, 4) is 0 Å². The van der Waals surface area contributed by atoms with Crippen molar-refractivity contribution < 1.29 is 10.2 Å². The molecule has 3 N–H and O–H groups in total. The molecule has 3 nitrogen and oxygen atoms in total. The van der Waals surface area contributed by atoms with Crippen LogP contribution in [0.5, 0.6) is 0 Å². The third kappa shape index (κ3) is 4.17. The summed E-state index contributed by atoms with van der Waals surface area (Å²) in [6.45, 7) is 1.03. The van der Waals surface area contributed by atoms with E-state index in [0.29, 0.717) is 13.1 Å². The van der Waals surface area contributed by atoms with Crippen molar-refractivity contribution in [1.82, 2.24) is 5.32 Å². The minimum atomic E-state index is -0.857. The molecule has 3 heteroatoms. The van der Waals surface area contributed by atoms with E-state index in [9.17, 15) is 10.2 Å². The normalized spacial score (nSPS) is 14.0. The van der Waals surface area contributed by atoms with E-state index in [1.165, 1.54) is 0 Å². The van der Waals surface area contributed by atoms with E-state index in [0.717, 1.165) is 11.1 Å². The zero-order chi connectivity index (χ0) is 13.5. The van der Waals surface area contributed by atoms with Crippen molar-refractivity contribution in [2.75, 3.05) is 6.54 Å². The first kappa shape index (κ1) is 13.7. The fourth-order valence-corrected chi connectivity index (χ4v) is 1.94. The molecule has 0 aliphatic heterocycles.